The summed E-state index contributed by atoms with van der Waals surface area (Å²) in [4.78, 5) is 0. The molecule has 0 fully saturated rings. The minimum atomic E-state index is -0.989. The van der Waals surface area contributed by atoms with Gasteiger partial charge in [-0.05, 0) is 23.3 Å². The molecule has 2 aromatic rings. The summed E-state index contributed by atoms with van der Waals surface area (Å²) in [6.07, 6.45) is 0. The minimum Gasteiger partial charge on any atom is -0.0909 e. The number of alkyl halides is 2. The molecular formula is C13H7Cl3. The average Bonchev–Trinajstić information content (AvgIpc) is 2.49. The highest BCUT2D eigenvalue weighted by Gasteiger charge is 2.39. The standard InChI is InChI=1S/C13H7Cl3/c14-8-5-6-10-9-3-1-2-4-11(9)13(15,16)12(10)7-8/h1-7H. The molecule has 0 saturated heterocycles. The summed E-state index contributed by atoms with van der Waals surface area (Å²) in [6, 6.07) is 13.5. The molecule has 3 heteroatoms. The van der Waals surface area contributed by atoms with E-state index in [4.69, 9.17) is 34.8 Å². The predicted molar refractivity (Wildman–Crippen MR) is 69.4 cm³/mol. The molecule has 0 saturated carbocycles. The van der Waals surface area contributed by atoms with Gasteiger partial charge in [0.05, 0.1) is 0 Å². The normalized spacial score (nSPS) is 15.7. The molecule has 0 radical (unpaired) electrons. The van der Waals surface area contributed by atoms with E-state index in [1.807, 2.05) is 42.5 Å². The van der Waals surface area contributed by atoms with Crippen molar-refractivity contribution in [3.8, 4) is 11.1 Å². The monoisotopic (exact) mass is 268 g/mol. The van der Waals surface area contributed by atoms with E-state index in [1.54, 1.807) is 0 Å². The van der Waals surface area contributed by atoms with Crippen LogP contribution in [0, 0.1) is 0 Å². The molecule has 2 aromatic carbocycles. The Hall–Kier alpha value is -0.690. The third-order valence-corrected chi connectivity index (χ3v) is 3.92. The lowest BCUT2D eigenvalue weighted by molar-refractivity contribution is 1.09. The van der Waals surface area contributed by atoms with E-state index in [9.17, 15) is 0 Å². The van der Waals surface area contributed by atoms with E-state index >= 15 is 0 Å². The van der Waals surface area contributed by atoms with Crippen molar-refractivity contribution in [3.63, 3.8) is 0 Å². The maximum atomic E-state index is 6.41. The Kier molecular flexibility index (Phi) is 2.22. The van der Waals surface area contributed by atoms with Crippen LogP contribution in [0.15, 0.2) is 42.5 Å². The van der Waals surface area contributed by atoms with Crippen LogP contribution < -0.4 is 0 Å². The van der Waals surface area contributed by atoms with Gasteiger partial charge in [-0.2, -0.15) is 0 Å². The third-order valence-electron chi connectivity index (χ3n) is 2.88. The zero-order valence-electron chi connectivity index (χ0n) is 8.18. The van der Waals surface area contributed by atoms with Crippen molar-refractivity contribution in [1.82, 2.24) is 0 Å². The van der Waals surface area contributed by atoms with Crippen molar-refractivity contribution in [1.29, 1.82) is 0 Å². The first-order valence-corrected chi connectivity index (χ1v) is 6.02. The van der Waals surface area contributed by atoms with Gasteiger partial charge >= 0.3 is 0 Å². The summed E-state index contributed by atoms with van der Waals surface area (Å²) in [5, 5.41) is 0.650. The van der Waals surface area contributed by atoms with Gasteiger partial charge in [0.2, 0.25) is 0 Å². The van der Waals surface area contributed by atoms with Crippen LogP contribution in [0.5, 0.6) is 0 Å². The van der Waals surface area contributed by atoms with E-state index in [-0.39, 0.29) is 0 Å². The minimum absolute atomic E-state index is 0.650. The Labute approximate surface area is 109 Å². The van der Waals surface area contributed by atoms with E-state index in [1.165, 1.54) is 0 Å². The second-order valence-electron chi connectivity index (χ2n) is 3.81. The van der Waals surface area contributed by atoms with E-state index < -0.39 is 4.33 Å². The molecule has 1 aliphatic rings. The molecule has 0 unspecified atom stereocenters. The fourth-order valence-corrected chi connectivity index (χ4v) is 2.96. The van der Waals surface area contributed by atoms with Crippen LogP contribution in [0.1, 0.15) is 11.1 Å². The second kappa shape index (κ2) is 3.40. The van der Waals surface area contributed by atoms with Crippen molar-refractivity contribution < 1.29 is 0 Å². The van der Waals surface area contributed by atoms with Crippen LogP contribution in [-0.4, -0.2) is 0 Å². The van der Waals surface area contributed by atoms with Gasteiger partial charge in [0.25, 0.3) is 0 Å². The van der Waals surface area contributed by atoms with Gasteiger partial charge in [-0.25, -0.2) is 0 Å². The first-order chi connectivity index (χ1) is 7.60. The molecule has 0 spiro atoms. The van der Waals surface area contributed by atoms with Crippen LogP contribution in [0.4, 0.5) is 0 Å². The first-order valence-electron chi connectivity index (χ1n) is 4.88. The zero-order valence-corrected chi connectivity index (χ0v) is 10.4. The molecule has 0 N–H and O–H groups in total. The van der Waals surface area contributed by atoms with Crippen molar-refractivity contribution >= 4 is 34.8 Å². The molecule has 0 nitrogen and oxygen atoms in total. The largest absolute Gasteiger partial charge is 0.169 e. The summed E-state index contributed by atoms with van der Waals surface area (Å²) in [6.45, 7) is 0. The van der Waals surface area contributed by atoms with E-state index in [0.717, 1.165) is 22.3 Å². The van der Waals surface area contributed by atoms with Crippen molar-refractivity contribution in [2.75, 3.05) is 0 Å². The summed E-state index contributed by atoms with van der Waals surface area (Å²) in [7, 11) is 0. The van der Waals surface area contributed by atoms with Gasteiger partial charge in [-0.15, -0.1) is 0 Å². The molecule has 16 heavy (non-hydrogen) atoms. The van der Waals surface area contributed by atoms with Crippen LogP contribution >= 0.6 is 34.8 Å². The van der Waals surface area contributed by atoms with Crippen molar-refractivity contribution in [2.45, 2.75) is 4.33 Å². The van der Waals surface area contributed by atoms with Crippen LogP contribution in [0.2, 0.25) is 5.02 Å². The average molecular weight is 270 g/mol. The van der Waals surface area contributed by atoms with Gasteiger partial charge in [-0.1, -0.05) is 65.1 Å². The first kappa shape index (κ1) is 10.5. The molecule has 3 rings (SSSR count). The van der Waals surface area contributed by atoms with Gasteiger partial charge in [0.15, 0.2) is 4.33 Å². The maximum Gasteiger partial charge on any atom is 0.169 e. The number of fused-ring (bicyclic) bond motifs is 3. The number of hydrogen-bond acceptors (Lipinski definition) is 0. The molecule has 0 atom stereocenters. The highest BCUT2D eigenvalue weighted by Crippen LogP contribution is 2.54. The number of benzene rings is 2. The molecular weight excluding hydrogens is 263 g/mol. The Morgan fingerprint density at radius 3 is 2.31 bits per heavy atom. The molecule has 0 heterocycles. The fraction of sp³-hybridized carbons (Fsp3) is 0.0769. The molecule has 0 bridgehead atoms. The lowest BCUT2D eigenvalue weighted by atomic mass is 10.1. The number of rotatable bonds is 0. The van der Waals surface area contributed by atoms with Crippen LogP contribution in [-0.2, 0) is 4.33 Å². The topological polar surface area (TPSA) is 0 Å². The smallest absolute Gasteiger partial charge is 0.0909 e. The van der Waals surface area contributed by atoms with Crippen molar-refractivity contribution in [3.05, 3.63) is 58.6 Å². The Morgan fingerprint density at radius 2 is 1.50 bits per heavy atom. The number of hydrogen-bond donors (Lipinski definition) is 0. The van der Waals surface area contributed by atoms with Crippen LogP contribution in [0.3, 0.4) is 0 Å². The van der Waals surface area contributed by atoms with Gasteiger partial charge in [0, 0.05) is 16.1 Å². The van der Waals surface area contributed by atoms with E-state index in [0.29, 0.717) is 5.02 Å². The maximum absolute atomic E-state index is 6.41. The molecule has 0 aliphatic heterocycles. The molecule has 1 aliphatic carbocycles. The van der Waals surface area contributed by atoms with Gasteiger partial charge in [-0.3, -0.25) is 0 Å². The lowest BCUT2D eigenvalue weighted by Crippen LogP contribution is -2.07. The van der Waals surface area contributed by atoms with E-state index in [2.05, 4.69) is 0 Å². The lowest BCUT2D eigenvalue weighted by Gasteiger charge is -2.15. The highest BCUT2D eigenvalue weighted by atomic mass is 35.5. The van der Waals surface area contributed by atoms with Gasteiger partial charge in [0.1, 0.15) is 0 Å². The summed E-state index contributed by atoms with van der Waals surface area (Å²) < 4.78 is -0.989. The molecule has 0 amide bonds. The predicted octanol–water partition coefficient (Wildman–Crippen LogP) is 5.00. The van der Waals surface area contributed by atoms with Crippen molar-refractivity contribution in [2.24, 2.45) is 0 Å². The van der Waals surface area contributed by atoms with Gasteiger partial charge < -0.3 is 0 Å². The summed E-state index contributed by atoms with van der Waals surface area (Å²) >= 11 is 18.8. The Balaban J connectivity index is 2.39. The number of halogens is 3. The fourth-order valence-electron chi connectivity index (χ4n) is 2.15. The van der Waals surface area contributed by atoms with Crippen LogP contribution in [0.25, 0.3) is 11.1 Å². The Morgan fingerprint density at radius 1 is 0.812 bits per heavy atom. The zero-order chi connectivity index (χ0) is 11.3. The summed E-state index contributed by atoms with van der Waals surface area (Å²) in [5.74, 6) is 0. The highest BCUT2D eigenvalue weighted by molar-refractivity contribution is 6.51. The summed E-state index contributed by atoms with van der Waals surface area (Å²) in [5.41, 5.74) is 3.93. The second-order valence-corrected chi connectivity index (χ2v) is 5.57. The Bertz CT molecular complexity index is 573. The quantitative estimate of drug-likeness (QED) is 0.591. The third kappa shape index (κ3) is 1.31. The molecule has 80 valence electrons. The molecule has 0 aromatic heterocycles. The SMILES string of the molecule is Clc1ccc2c(c1)C(Cl)(Cl)c1ccccc1-2.